The van der Waals surface area contributed by atoms with Crippen LogP contribution in [0.15, 0.2) is 78.9 Å². The molecule has 0 saturated heterocycles. The lowest BCUT2D eigenvalue weighted by Crippen LogP contribution is -2.52. The molecule has 3 aromatic carbocycles. The highest BCUT2D eigenvalue weighted by Gasteiger charge is 2.31. The van der Waals surface area contributed by atoms with E-state index in [0.717, 1.165) is 11.1 Å². The zero-order valence-electron chi connectivity index (χ0n) is 20.2. The van der Waals surface area contributed by atoms with Crippen LogP contribution in [0.5, 0.6) is 11.5 Å². The zero-order valence-corrected chi connectivity index (χ0v) is 21.0. The van der Waals surface area contributed by atoms with E-state index >= 15 is 0 Å². The lowest BCUT2D eigenvalue weighted by Gasteiger charge is -2.32. The Balaban J connectivity index is 1.87. The van der Waals surface area contributed by atoms with Gasteiger partial charge >= 0.3 is 0 Å². The van der Waals surface area contributed by atoms with E-state index in [1.165, 1.54) is 0 Å². The van der Waals surface area contributed by atoms with Crippen molar-refractivity contribution in [2.45, 2.75) is 38.9 Å². The van der Waals surface area contributed by atoms with Gasteiger partial charge in [0.15, 0.2) is 6.61 Å². The molecule has 6 nitrogen and oxygen atoms in total. The van der Waals surface area contributed by atoms with Crippen LogP contribution in [0.2, 0.25) is 5.02 Å². The molecular formula is C28H31ClN2O4. The number of hydrogen-bond donors (Lipinski definition) is 1. The molecule has 0 fully saturated rings. The van der Waals surface area contributed by atoms with Crippen LogP contribution in [0.1, 0.15) is 25.0 Å². The predicted octanol–water partition coefficient (Wildman–Crippen LogP) is 4.89. The number of ether oxygens (including phenoxy) is 2. The molecule has 1 N–H and O–H groups in total. The maximum Gasteiger partial charge on any atom is 0.261 e. The molecule has 0 aliphatic carbocycles. The van der Waals surface area contributed by atoms with E-state index < -0.39 is 6.04 Å². The smallest absolute Gasteiger partial charge is 0.261 e. The molecule has 0 spiro atoms. The first kappa shape index (κ1) is 26.1. The standard InChI is InChI=1S/C28H31ClN2O4/c1-20(2)30-28(33)26(17-21-7-5-4-6-8-21)31(18-22-9-11-23(29)12-10-22)27(32)19-35-25-15-13-24(34-3)14-16-25/h4-16,20,26H,17-19H2,1-3H3,(H,30,33). The van der Waals surface area contributed by atoms with E-state index in [9.17, 15) is 9.59 Å². The quantitative estimate of drug-likeness (QED) is 0.412. The van der Waals surface area contributed by atoms with Crippen molar-refractivity contribution in [3.63, 3.8) is 0 Å². The Morgan fingerprint density at radius 1 is 0.886 bits per heavy atom. The first-order valence-electron chi connectivity index (χ1n) is 11.5. The Labute approximate surface area is 211 Å². The second-order valence-electron chi connectivity index (χ2n) is 8.48. The summed E-state index contributed by atoms with van der Waals surface area (Å²) >= 11 is 6.05. The Hall–Kier alpha value is -3.51. The Kier molecular flexibility index (Phi) is 9.56. The van der Waals surface area contributed by atoms with Crippen molar-refractivity contribution in [2.24, 2.45) is 0 Å². The van der Waals surface area contributed by atoms with Crippen molar-refractivity contribution in [1.82, 2.24) is 10.2 Å². The van der Waals surface area contributed by atoms with Gasteiger partial charge in [0.05, 0.1) is 7.11 Å². The highest BCUT2D eigenvalue weighted by molar-refractivity contribution is 6.30. The molecule has 0 aliphatic rings. The number of rotatable bonds is 11. The van der Waals surface area contributed by atoms with Gasteiger partial charge in [0, 0.05) is 24.0 Å². The highest BCUT2D eigenvalue weighted by atomic mass is 35.5. The third-order valence-corrected chi connectivity index (χ3v) is 5.64. The highest BCUT2D eigenvalue weighted by Crippen LogP contribution is 2.19. The van der Waals surface area contributed by atoms with Crippen LogP contribution < -0.4 is 14.8 Å². The topological polar surface area (TPSA) is 67.9 Å². The van der Waals surface area contributed by atoms with Crippen molar-refractivity contribution in [1.29, 1.82) is 0 Å². The molecule has 0 bridgehead atoms. The predicted molar refractivity (Wildman–Crippen MR) is 138 cm³/mol. The van der Waals surface area contributed by atoms with E-state index in [1.54, 1.807) is 48.4 Å². The van der Waals surface area contributed by atoms with Gasteiger partial charge in [-0.1, -0.05) is 54.1 Å². The van der Waals surface area contributed by atoms with Gasteiger partial charge in [-0.3, -0.25) is 9.59 Å². The van der Waals surface area contributed by atoms with E-state index in [-0.39, 0.29) is 31.0 Å². The number of nitrogens with one attached hydrogen (secondary N) is 1. The number of carbonyl (C=O) groups excluding carboxylic acids is 2. The summed E-state index contributed by atoms with van der Waals surface area (Å²) in [6.45, 7) is 3.83. The number of benzene rings is 3. The van der Waals surface area contributed by atoms with E-state index in [4.69, 9.17) is 21.1 Å². The van der Waals surface area contributed by atoms with Gasteiger partial charge in [-0.05, 0) is 61.4 Å². The third-order valence-electron chi connectivity index (χ3n) is 5.39. The van der Waals surface area contributed by atoms with Crippen LogP contribution in [0, 0.1) is 0 Å². The summed E-state index contributed by atoms with van der Waals surface area (Å²) in [7, 11) is 1.59. The lowest BCUT2D eigenvalue weighted by molar-refractivity contribution is -0.143. The van der Waals surface area contributed by atoms with Crippen LogP contribution >= 0.6 is 11.6 Å². The summed E-state index contributed by atoms with van der Waals surface area (Å²) in [6.07, 6.45) is 0.376. The van der Waals surface area contributed by atoms with Crippen molar-refractivity contribution in [3.8, 4) is 11.5 Å². The monoisotopic (exact) mass is 494 g/mol. The van der Waals surface area contributed by atoms with E-state index in [2.05, 4.69) is 5.32 Å². The van der Waals surface area contributed by atoms with E-state index in [1.807, 2.05) is 56.3 Å². The molecule has 35 heavy (non-hydrogen) atoms. The minimum absolute atomic E-state index is 0.0659. The van der Waals surface area contributed by atoms with E-state index in [0.29, 0.717) is 22.9 Å². The SMILES string of the molecule is COc1ccc(OCC(=O)N(Cc2ccc(Cl)cc2)C(Cc2ccccc2)C(=O)NC(C)C)cc1. The van der Waals surface area contributed by atoms with Crippen molar-refractivity contribution >= 4 is 23.4 Å². The number of amides is 2. The normalized spacial score (nSPS) is 11.6. The molecule has 2 amide bonds. The summed E-state index contributed by atoms with van der Waals surface area (Å²) in [4.78, 5) is 28.4. The van der Waals surface area contributed by atoms with Gasteiger partial charge < -0.3 is 19.7 Å². The molecule has 184 valence electrons. The molecule has 1 unspecified atom stereocenters. The molecule has 3 aromatic rings. The number of hydrogen-bond acceptors (Lipinski definition) is 4. The summed E-state index contributed by atoms with van der Waals surface area (Å²) in [6, 6.07) is 23.1. The van der Waals surface area contributed by atoms with Crippen LogP contribution in [0.25, 0.3) is 0 Å². The fraction of sp³-hybridized carbons (Fsp3) is 0.286. The second kappa shape index (κ2) is 12.8. The van der Waals surface area contributed by atoms with Gasteiger partial charge in [-0.15, -0.1) is 0 Å². The van der Waals surface area contributed by atoms with Crippen LogP contribution in [-0.4, -0.2) is 42.5 Å². The second-order valence-corrected chi connectivity index (χ2v) is 8.92. The van der Waals surface area contributed by atoms with Gasteiger partial charge in [0.2, 0.25) is 5.91 Å². The molecule has 0 heterocycles. The lowest BCUT2D eigenvalue weighted by atomic mass is 10.0. The van der Waals surface area contributed by atoms with Gasteiger partial charge in [0.1, 0.15) is 17.5 Å². The van der Waals surface area contributed by atoms with Crippen LogP contribution in [0.4, 0.5) is 0 Å². The molecule has 7 heteroatoms. The van der Waals surface area contributed by atoms with Crippen molar-refractivity contribution in [3.05, 3.63) is 95.0 Å². The summed E-state index contributed by atoms with van der Waals surface area (Å²) in [5.74, 6) is 0.726. The maximum atomic E-state index is 13.5. The third kappa shape index (κ3) is 8.04. The molecular weight excluding hydrogens is 464 g/mol. The summed E-state index contributed by atoms with van der Waals surface area (Å²) in [5, 5.41) is 3.58. The number of nitrogens with zero attached hydrogens (tertiary/aromatic N) is 1. The molecule has 1 atom stereocenters. The molecule has 0 aliphatic heterocycles. The van der Waals surface area contributed by atoms with Gasteiger partial charge in [-0.2, -0.15) is 0 Å². The molecule has 0 radical (unpaired) electrons. The van der Waals surface area contributed by atoms with Crippen molar-refractivity contribution in [2.75, 3.05) is 13.7 Å². The Morgan fingerprint density at radius 2 is 1.51 bits per heavy atom. The zero-order chi connectivity index (χ0) is 25.2. The number of methoxy groups -OCH3 is 1. The number of carbonyl (C=O) groups is 2. The fourth-order valence-corrected chi connectivity index (χ4v) is 3.75. The summed E-state index contributed by atoms with van der Waals surface area (Å²) < 4.78 is 10.9. The Bertz CT molecular complexity index is 1090. The van der Waals surface area contributed by atoms with Gasteiger partial charge in [0.25, 0.3) is 5.91 Å². The Morgan fingerprint density at radius 3 is 2.11 bits per heavy atom. The van der Waals surface area contributed by atoms with Gasteiger partial charge in [-0.25, -0.2) is 0 Å². The average Bonchev–Trinajstić information content (AvgIpc) is 2.86. The summed E-state index contributed by atoms with van der Waals surface area (Å²) in [5.41, 5.74) is 1.82. The number of halogens is 1. The largest absolute Gasteiger partial charge is 0.497 e. The van der Waals surface area contributed by atoms with Crippen LogP contribution in [0.3, 0.4) is 0 Å². The van der Waals surface area contributed by atoms with Crippen molar-refractivity contribution < 1.29 is 19.1 Å². The maximum absolute atomic E-state index is 13.5. The first-order chi connectivity index (χ1) is 16.9. The van der Waals surface area contributed by atoms with Crippen LogP contribution in [-0.2, 0) is 22.6 Å². The average molecular weight is 495 g/mol. The molecule has 0 saturated carbocycles. The fourth-order valence-electron chi connectivity index (χ4n) is 3.62. The molecule has 3 rings (SSSR count). The minimum atomic E-state index is -0.720. The first-order valence-corrected chi connectivity index (χ1v) is 11.9. The molecule has 0 aromatic heterocycles. The minimum Gasteiger partial charge on any atom is -0.497 e.